The van der Waals surface area contributed by atoms with Crippen LogP contribution in [0.25, 0.3) is 10.9 Å². The lowest BCUT2D eigenvalue weighted by molar-refractivity contribution is -0.119. The standard InChI is InChI=1S/C22H16ClF2N3O3/c1-12(29)20(14-3-5-18-13(8-14)6-7-26-18)28-11-27-21(19(23)22(28)30)31-10-15-2-4-16(24)9-17(15)25/h2-9,11,20,26H,10H2,1H3. The van der Waals surface area contributed by atoms with Crippen molar-refractivity contribution in [2.45, 2.75) is 19.6 Å². The van der Waals surface area contributed by atoms with Crippen LogP contribution >= 0.6 is 11.6 Å². The molecule has 0 aliphatic rings. The van der Waals surface area contributed by atoms with E-state index in [9.17, 15) is 18.4 Å². The van der Waals surface area contributed by atoms with Gasteiger partial charge in [0.25, 0.3) is 5.56 Å². The highest BCUT2D eigenvalue weighted by Gasteiger charge is 2.23. The van der Waals surface area contributed by atoms with E-state index in [4.69, 9.17) is 16.3 Å². The molecule has 1 atom stereocenters. The van der Waals surface area contributed by atoms with Crippen LogP contribution in [0.2, 0.25) is 5.02 Å². The van der Waals surface area contributed by atoms with Gasteiger partial charge in [-0.2, -0.15) is 0 Å². The number of halogens is 3. The van der Waals surface area contributed by atoms with Crippen LogP contribution < -0.4 is 10.3 Å². The van der Waals surface area contributed by atoms with Crippen molar-refractivity contribution in [2.75, 3.05) is 0 Å². The summed E-state index contributed by atoms with van der Waals surface area (Å²) in [5.74, 6) is -2.00. The molecule has 0 aliphatic carbocycles. The second-order valence-corrected chi connectivity index (χ2v) is 7.32. The minimum Gasteiger partial charge on any atom is -0.471 e. The molecule has 2 aromatic heterocycles. The number of rotatable bonds is 6. The highest BCUT2D eigenvalue weighted by atomic mass is 35.5. The predicted molar refractivity (Wildman–Crippen MR) is 111 cm³/mol. The molecule has 2 aromatic carbocycles. The molecule has 0 spiro atoms. The SMILES string of the molecule is CC(=O)C(c1ccc2[nH]ccc2c1)n1cnc(OCc2ccc(F)cc2F)c(Cl)c1=O. The third-order valence-corrected chi connectivity index (χ3v) is 5.17. The van der Waals surface area contributed by atoms with Crippen LogP contribution in [-0.2, 0) is 11.4 Å². The average Bonchev–Trinajstić information content (AvgIpc) is 3.19. The van der Waals surface area contributed by atoms with Crippen molar-refractivity contribution < 1.29 is 18.3 Å². The molecule has 4 rings (SSSR count). The molecule has 158 valence electrons. The number of nitrogens with one attached hydrogen (secondary N) is 1. The van der Waals surface area contributed by atoms with E-state index in [1.54, 1.807) is 18.3 Å². The molecule has 0 radical (unpaired) electrons. The summed E-state index contributed by atoms with van der Waals surface area (Å²) in [6.45, 7) is 1.07. The number of ether oxygens (including phenoxy) is 1. The molecular formula is C22H16ClF2N3O3. The van der Waals surface area contributed by atoms with E-state index < -0.39 is 23.2 Å². The molecule has 1 N–H and O–H groups in total. The number of aromatic amines is 1. The first-order valence-electron chi connectivity index (χ1n) is 9.26. The maximum Gasteiger partial charge on any atom is 0.277 e. The van der Waals surface area contributed by atoms with Crippen LogP contribution in [0.4, 0.5) is 8.78 Å². The minimum atomic E-state index is -0.930. The van der Waals surface area contributed by atoms with Crippen LogP contribution in [0, 0.1) is 11.6 Å². The van der Waals surface area contributed by atoms with Gasteiger partial charge in [0.1, 0.15) is 30.6 Å². The second kappa shape index (κ2) is 8.31. The molecule has 1 unspecified atom stereocenters. The van der Waals surface area contributed by atoms with Gasteiger partial charge >= 0.3 is 0 Å². The van der Waals surface area contributed by atoms with Crippen LogP contribution in [0.15, 0.2) is 59.8 Å². The first kappa shape index (κ1) is 20.7. The van der Waals surface area contributed by atoms with Gasteiger partial charge in [-0.1, -0.05) is 17.7 Å². The highest BCUT2D eigenvalue weighted by molar-refractivity contribution is 6.31. The minimum absolute atomic E-state index is 0.0739. The number of benzene rings is 2. The normalized spacial score (nSPS) is 12.1. The summed E-state index contributed by atoms with van der Waals surface area (Å²) in [5.41, 5.74) is 0.887. The molecule has 2 heterocycles. The molecule has 0 saturated heterocycles. The Morgan fingerprint density at radius 3 is 2.77 bits per heavy atom. The van der Waals surface area contributed by atoms with E-state index >= 15 is 0 Å². The molecule has 31 heavy (non-hydrogen) atoms. The van der Waals surface area contributed by atoms with Gasteiger partial charge in [-0.05, 0) is 48.2 Å². The maximum absolute atomic E-state index is 13.8. The van der Waals surface area contributed by atoms with Gasteiger partial charge < -0.3 is 9.72 Å². The summed E-state index contributed by atoms with van der Waals surface area (Å²) in [6, 6.07) is 9.33. The van der Waals surface area contributed by atoms with Crippen LogP contribution in [-0.4, -0.2) is 20.3 Å². The zero-order chi connectivity index (χ0) is 22.1. The molecule has 9 heteroatoms. The summed E-state index contributed by atoms with van der Waals surface area (Å²) in [7, 11) is 0. The van der Waals surface area contributed by atoms with E-state index in [0.717, 1.165) is 33.9 Å². The monoisotopic (exact) mass is 443 g/mol. The van der Waals surface area contributed by atoms with Crippen LogP contribution in [0.3, 0.4) is 0 Å². The third kappa shape index (κ3) is 4.06. The van der Waals surface area contributed by atoms with E-state index in [1.807, 2.05) is 12.1 Å². The van der Waals surface area contributed by atoms with Gasteiger partial charge in [0.2, 0.25) is 5.88 Å². The second-order valence-electron chi connectivity index (χ2n) is 6.94. The lowest BCUT2D eigenvalue weighted by Crippen LogP contribution is -2.30. The molecule has 4 aromatic rings. The largest absolute Gasteiger partial charge is 0.471 e. The number of hydrogen-bond donors (Lipinski definition) is 1. The number of ketones is 1. The number of carbonyl (C=O) groups excluding carboxylic acids is 1. The third-order valence-electron chi connectivity index (χ3n) is 4.85. The summed E-state index contributed by atoms with van der Waals surface area (Å²) < 4.78 is 33.3. The zero-order valence-corrected chi connectivity index (χ0v) is 17.0. The van der Waals surface area contributed by atoms with E-state index in [1.165, 1.54) is 13.0 Å². The van der Waals surface area contributed by atoms with Crippen molar-refractivity contribution in [3.05, 3.63) is 93.1 Å². The summed E-state index contributed by atoms with van der Waals surface area (Å²) >= 11 is 6.15. The van der Waals surface area contributed by atoms with Crippen molar-refractivity contribution in [3.63, 3.8) is 0 Å². The number of carbonyl (C=O) groups is 1. The fraction of sp³-hybridized carbons (Fsp3) is 0.136. The van der Waals surface area contributed by atoms with Gasteiger partial charge in [-0.15, -0.1) is 0 Å². The first-order chi connectivity index (χ1) is 14.8. The molecule has 6 nitrogen and oxygen atoms in total. The number of fused-ring (bicyclic) bond motifs is 1. The Balaban J connectivity index is 1.66. The van der Waals surface area contributed by atoms with Crippen molar-refractivity contribution in [1.82, 2.24) is 14.5 Å². The Hall–Kier alpha value is -3.52. The summed E-state index contributed by atoms with van der Waals surface area (Å²) in [5, 5.41) is 0.538. The Morgan fingerprint density at radius 1 is 1.23 bits per heavy atom. The number of nitrogens with zero attached hydrogens (tertiary/aromatic N) is 2. The van der Waals surface area contributed by atoms with Gasteiger partial charge in [-0.3, -0.25) is 14.2 Å². The number of Topliss-reactive ketones (excluding diaryl/α,β-unsaturated/α-hetero) is 1. The number of H-pyrrole nitrogens is 1. The summed E-state index contributed by atoms with van der Waals surface area (Å²) in [4.78, 5) is 32.4. The maximum atomic E-state index is 13.8. The molecule has 0 bridgehead atoms. The van der Waals surface area contributed by atoms with Gasteiger partial charge in [-0.25, -0.2) is 13.8 Å². The van der Waals surface area contributed by atoms with Crippen molar-refractivity contribution in [1.29, 1.82) is 0 Å². The molecule has 0 amide bonds. The number of hydrogen-bond acceptors (Lipinski definition) is 4. The van der Waals surface area contributed by atoms with E-state index in [0.29, 0.717) is 5.56 Å². The predicted octanol–water partition coefficient (Wildman–Crippen LogP) is 4.41. The van der Waals surface area contributed by atoms with Gasteiger partial charge in [0.15, 0.2) is 10.8 Å². The average molecular weight is 444 g/mol. The number of aromatic nitrogens is 3. The lowest BCUT2D eigenvalue weighted by Gasteiger charge is -2.18. The Bertz CT molecular complexity index is 1350. The molecule has 0 aliphatic heterocycles. The molecule has 0 fully saturated rings. The Kier molecular flexibility index (Phi) is 5.56. The van der Waals surface area contributed by atoms with Crippen LogP contribution in [0.5, 0.6) is 5.88 Å². The molecule has 0 saturated carbocycles. The lowest BCUT2D eigenvalue weighted by atomic mass is 10.0. The van der Waals surface area contributed by atoms with Gasteiger partial charge in [0, 0.05) is 23.3 Å². The van der Waals surface area contributed by atoms with Gasteiger partial charge in [0.05, 0.1) is 0 Å². The Labute approximate surface area is 180 Å². The van der Waals surface area contributed by atoms with Crippen molar-refractivity contribution in [3.8, 4) is 5.88 Å². The summed E-state index contributed by atoms with van der Waals surface area (Å²) in [6.07, 6.45) is 2.94. The topological polar surface area (TPSA) is 77.0 Å². The van der Waals surface area contributed by atoms with Crippen molar-refractivity contribution in [2.24, 2.45) is 0 Å². The van der Waals surface area contributed by atoms with E-state index in [-0.39, 0.29) is 28.9 Å². The first-order valence-corrected chi connectivity index (χ1v) is 9.64. The fourth-order valence-corrected chi connectivity index (χ4v) is 3.53. The van der Waals surface area contributed by atoms with Crippen LogP contribution in [0.1, 0.15) is 24.1 Å². The van der Waals surface area contributed by atoms with Crippen molar-refractivity contribution >= 4 is 28.3 Å². The quantitative estimate of drug-likeness (QED) is 0.478. The molecular weight excluding hydrogens is 428 g/mol. The zero-order valence-electron chi connectivity index (χ0n) is 16.2. The highest BCUT2D eigenvalue weighted by Crippen LogP contribution is 2.25. The van der Waals surface area contributed by atoms with E-state index in [2.05, 4.69) is 9.97 Å². The fourth-order valence-electron chi connectivity index (χ4n) is 3.33. The Morgan fingerprint density at radius 2 is 2.03 bits per heavy atom. The smallest absolute Gasteiger partial charge is 0.277 e.